The van der Waals surface area contributed by atoms with E-state index in [0.29, 0.717) is 23.4 Å². The SMILES string of the molecule is Cc1cc(Cl)ccc1NC(=O)CN1C[C@H](C)C[C@H](C)C1. The van der Waals surface area contributed by atoms with Crippen LogP contribution < -0.4 is 5.32 Å². The number of likely N-dealkylation sites (tertiary alicyclic amines) is 1. The molecule has 1 fully saturated rings. The molecule has 2 rings (SSSR count). The van der Waals surface area contributed by atoms with Crippen LogP contribution in [0.1, 0.15) is 25.8 Å². The molecule has 20 heavy (non-hydrogen) atoms. The fraction of sp³-hybridized carbons (Fsp3) is 0.562. The number of rotatable bonds is 3. The fourth-order valence-electron chi connectivity index (χ4n) is 3.08. The fourth-order valence-corrected chi connectivity index (χ4v) is 3.31. The van der Waals surface area contributed by atoms with Crippen molar-refractivity contribution < 1.29 is 4.79 Å². The Morgan fingerprint density at radius 3 is 2.60 bits per heavy atom. The van der Waals surface area contributed by atoms with E-state index in [-0.39, 0.29) is 5.91 Å². The second-order valence-corrected chi connectivity index (χ2v) is 6.58. The van der Waals surface area contributed by atoms with Crippen molar-refractivity contribution in [2.45, 2.75) is 27.2 Å². The van der Waals surface area contributed by atoms with Crippen LogP contribution in [0.2, 0.25) is 5.02 Å². The number of nitrogens with one attached hydrogen (secondary N) is 1. The van der Waals surface area contributed by atoms with Crippen molar-refractivity contribution in [2.24, 2.45) is 11.8 Å². The van der Waals surface area contributed by atoms with Crippen LogP contribution in [-0.2, 0) is 4.79 Å². The molecule has 2 atom stereocenters. The van der Waals surface area contributed by atoms with E-state index in [4.69, 9.17) is 11.6 Å². The van der Waals surface area contributed by atoms with Gasteiger partial charge in [-0.2, -0.15) is 0 Å². The summed E-state index contributed by atoms with van der Waals surface area (Å²) in [6, 6.07) is 5.52. The summed E-state index contributed by atoms with van der Waals surface area (Å²) in [7, 11) is 0. The molecule has 4 heteroatoms. The molecule has 1 N–H and O–H groups in total. The van der Waals surface area contributed by atoms with Crippen LogP contribution in [0.4, 0.5) is 5.69 Å². The monoisotopic (exact) mass is 294 g/mol. The summed E-state index contributed by atoms with van der Waals surface area (Å²) in [5.74, 6) is 1.39. The van der Waals surface area contributed by atoms with Crippen molar-refractivity contribution >= 4 is 23.2 Å². The predicted molar refractivity (Wildman–Crippen MR) is 84.2 cm³/mol. The largest absolute Gasteiger partial charge is 0.325 e. The minimum absolute atomic E-state index is 0.0525. The maximum Gasteiger partial charge on any atom is 0.238 e. The van der Waals surface area contributed by atoms with Crippen molar-refractivity contribution in [2.75, 3.05) is 25.0 Å². The van der Waals surface area contributed by atoms with Gasteiger partial charge in [0.25, 0.3) is 0 Å². The van der Waals surface area contributed by atoms with E-state index in [1.165, 1.54) is 6.42 Å². The minimum Gasteiger partial charge on any atom is -0.325 e. The number of aryl methyl sites for hydroxylation is 1. The van der Waals surface area contributed by atoms with Gasteiger partial charge in [-0.15, -0.1) is 0 Å². The van der Waals surface area contributed by atoms with Gasteiger partial charge in [0.2, 0.25) is 5.91 Å². The standard InChI is InChI=1S/C16H23ClN2O/c1-11-6-12(2)9-19(8-11)10-16(20)18-15-5-4-14(17)7-13(15)3/h4-5,7,11-12H,6,8-10H2,1-3H3,(H,18,20)/t11-,12+. The summed E-state index contributed by atoms with van der Waals surface area (Å²) in [6.07, 6.45) is 1.26. The second kappa shape index (κ2) is 6.59. The lowest BCUT2D eigenvalue weighted by Crippen LogP contribution is -2.42. The Labute approximate surface area is 126 Å². The molecule has 3 nitrogen and oxygen atoms in total. The van der Waals surface area contributed by atoms with Crippen LogP contribution in [0.3, 0.4) is 0 Å². The van der Waals surface area contributed by atoms with Gasteiger partial charge in [-0.1, -0.05) is 25.4 Å². The predicted octanol–water partition coefficient (Wildman–Crippen LogP) is 3.56. The molecule has 0 aromatic heterocycles. The van der Waals surface area contributed by atoms with Gasteiger partial charge in [0.15, 0.2) is 0 Å². The molecule has 110 valence electrons. The Balaban J connectivity index is 1.92. The third kappa shape index (κ3) is 4.22. The van der Waals surface area contributed by atoms with Crippen LogP contribution in [0, 0.1) is 18.8 Å². The Kier molecular flexibility index (Phi) is 5.06. The number of anilines is 1. The number of carbonyl (C=O) groups excluding carboxylic acids is 1. The molecule has 1 aliphatic rings. The third-order valence-electron chi connectivity index (χ3n) is 3.77. The van der Waals surface area contributed by atoms with Gasteiger partial charge in [-0.3, -0.25) is 9.69 Å². The van der Waals surface area contributed by atoms with Crippen molar-refractivity contribution in [3.05, 3.63) is 28.8 Å². The number of piperidine rings is 1. The zero-order valence-corrected chi connectivity index (χ0v) is 13.2. The lowest BCUT2D eigenvalue weighted by Gasteiger charge is -2.34. The highest BCUT2D eigenvalue weighted by Crippen LogP contribution is 2.22. The number of halogens is 1. The molecule has 0 spiro atoms. The zero-order chi connectivity index (χ0) is 14.7. The molecule has 1 saturated heterocycles. The minimum atomic E-state index is 0.0525. The van der Waals surface area contributed by atoms with Crippen LogP contribution in [0.15, 0.2) is 18.2 Å². The zero-order valence-electron chi connectivity index (χ0n) is 12.4. The molecule has 0 saturated carbocycles. The van der Waals surface area contributed by atoms with E-state index >= 15 is 0 Å². The van der Waals surface area contributed by atoms with Crippen molar-refractivity contribution in [3.63, 3.8) is 0 Å². The first-order chi connectivity index (χ1) is 9.44. The number of nitrogens with zero attached hydrogens (tertiary/aromatic N) is 1. The third-order valence-corrected chi connectivity index (χ3v) is 4.01. The molecule has 1 aromatic rings. The highest BCUT2D eigenvalue weighted by Gasteiger charge is 2.23. The molecule has 1 aliphatic heterocycles. The summed E-state index contributed by atoms with van der Waals surface area (Å²) < 4.78 is 0. The summed E-state index contributed by atoms with van der Waals surface area (Å²) in [5, 5.41) is 3.67. The number of hydrogen-bond donors (Lipinski definition) is 1. The topological polar surface area (TPSA) is 32.3 Å². The maximum absolute atomic E-state index is 12.1. The first-order valence-electron chi connectivity index (χ1n) is 7.22. The van der Waals surface area contributed by atoms with E-state index < -0.39 is 0 Å². The molecular weight excluding hydrogens is 272 g/mol. The molecule has 0 aliphatic carbocycles. The molecule has 0 unspecified atom stereocenters. The van der Waals surface area contributed by atoms with E-state index in [1.54, 1.807) is 6.07 Å². The van der Waals surface area contributed by atoms with Crippen LogP contribution in [0.5, 0.6) is 0 Å². The van der Waals surface area contributed by atoms with Crippen LogP contribution in [0.25, 0.3) is 0 Å². The molecule has 0 bridgehead atoms. The number of carbonyl (C=O) groups is 1. The quantitative estimate of drug-likeness (QED) is 0.924. The van der Waals surface area contributed by atoms with E-state index in [9.17, 15) is 4.79 Å². The van der Waals surface area contributed by atoms with Crippen molar-refractivity contribution in [1.82, 2.24) is 4.90 Å². The normalized spacial score (nSPS) is 23.6. The highest BCUT2D eigenvalue weighted by atomic mass is 35.5. The summed E-state index contributed by atoms with van der Waals surface area (Å²) in [6.45, 7) is 8.95. The lowest BCUT2D eigenvalue weighted by atomic mass is 9.92. The highest BCUT2D eigenvalue weighted by molar-refractivity contribution is 6.30. The molecule has 1 heterocycles. The first kappa shape index (κ1) is 15.3. The Hall–Kier alpha value is -1.06. The second-order valence-electron chi connectivity index (χ2n) is 6.15. The number of benzene rings is 1. The smallest absolute Gasteiger partial charge is 0.238 e. The molecule has 1 amide bonds. The van der Waals surface area contributed by atoms with Gasteiger partial charge in [0.05, 0.1) is 6.54 Å². The van der Waals surface area contributed by atoms with E-state index in [2.05, 4.69) is 24.1 Å². The van der Waals surface area contributed by atoms with Crippen LogP contribution >= 0.6 is 11.6 Å². The number of amides is 1. The van der Waals surface area contributed by atoms with Gasteiger partial charge in [-0.05, 0) is 48.9 Å². The van der Waals surface area contributed by atoms with Gasteiger partial charge in [-0.25, -0.2) is 0 Å². The Bertz CT molecular complexity index is 479. The van der Waals surface area contributed by atoms with Gasteiger partial charge in [0.1, 0.15) is 0 Å². The maximum atomic E-state index is 12.1. The van der Waals surface area contributed by atoms with Gasteiger partial charge in [0, 0.05) is 23.8 Å². The molecule has 1 aromatic carbocycles. The van der Waals surface area contributed by atoms with Gasteiger partial charge >= 0.3 is 0 Å². The molecule has 0 radical (unpaired) electrons. The van der Waals surface area contributed by atoms with Crippen molar-refractivity contribution in [1.29, 1.82) is 0 Å². The lowest BCUT2D eigenvalue weighted by molar-refractivity contribution is -0.117. The summed E-state index contributed by atoms with van der Waals surface area (Å²) in [4.78, 5) is 14.4. The van der Waals surface area contributed by atoms with Crippen LogP contribution in [-0.4, -0.2) is 30.4 Å². The average Bonchev–Trinajstić information content (AvgIpc) is 2.31. The number of hydrogen-bond acceptors (Lipinski definition) is 2. The average molecular weight is 295 g/mol. The Morgan fingerprint density at radius 2 is 2.00 bits per heavy atom. The van der Waals surface area contributed by atoms with Gasteiger partial charge < -0.3 is 5.32 Å². The van der Waals surface area contributed by atoms with Crippen molar-refractivity contribution in [3.8, 4) is 0 Å². The first-order valence-corrected chi connectivity index (χ1v) is 7.60. The summed E-state index contributed by atoms with van der Waals surface area (Å²) in [5.41, 5.74) is 1.84. The van der Waals surface area contributed by atoms with E-state index in [0.717, 1.165) is 24.3 Å². The van der Waals surface area contributed by atoms with E-state index in [1.807, 2.05) is 19.1 Å². The molecular formula is C16H23ClN2O. The summed E-state index contributed by atoms with van der Waals surface area (Å²) >= 11 is 5.92. The Morgan fingerprint density at radius 1 is 1.35 bits per heavy atom.